The fourth-order valence-corrected chi connectivity index (χ4v) is 4.32. The molecule has 2 heterocycles. The van der Waals surface area contributed by atoms with E-state index in [9.17, 15) is 4.79 Å². The minimum Gasteiger partial charge on any atom is -0.497 e. The van der Waals surface area contributed by atoms with Gasteiger partial charge in [-0.1, -0.05) is 12.1 Å². The van der Waals surface area contributed by atoms with Crippen LogP contribution in [0.15, 0.2) is 41.2 Å². The van der Waals surface area contributed by atoms with Crippen LogP contribution in [0.5, 0.6) is 5.75 Å². The van der Waals surface area contributed by atoms with Gasteiger partial charge in [-0.05, 0) is 67.3 Å². The average molecular weight is 365 g/mol. The minimum absolute atomic E-state index is 0.0250. The van der Waals surface area contributed by atoms with Crippen molar-refractivity contribution in [3.05, 3.63) is 63.6 Å². The van der Waals surface area contributed by atoms with E-state index in [0.717, 1.165) is 36.3 Å². The van der Waals surface area contributed by atoms with Crippen LogP contribution in [-0.2, 0) is 20.6 Å². The number of benzene rings is 2. The molecule has 3 aromatic rings. The van der Waals surface area contributed by atoms with Gasteiger partial charge < -0.3 is 4.74 Å². The summed E-state index contributed by atoms with van der Waals surface area (Å²) in [7, 11) is 5.40. The van der Waals surface area contributed by atoms with Crippen molar-refractivity contribution >= 4 is 11.0 Å². The van der Waals surface area contributed by atoms with Crippen molar-refractivity contribution < 1.29 is 4.74 Å². The maximum Gasteiger partial charge on any atom is 0.328 e. The first kappa shape index (κ1) is 17.9. The summed E-state index contributed by atoms with van der Waals surface area (Å²) < 4.78 is 8.87. The number of hydrogen-bond acceptors (Lipinski definition) is 3. The van der Waals surface area contributed by atoms with Gasteiger partial charge in [-0.3, -0.25) is 14.0 Å². The zero-order valence-electron chi connectivity index (χ0n) is 16.5. The summed E-state index contributed by atoms with van der Waals surface area (Å²) in [5.41, 5.74) is 5.86. The van der Waals surface area contributed by atoms with Gasteiger partial charge in [-0.25, -0.2) is 4.79 Å². The number of rotatable bonds is 4. The first-order valence-corrected chi connectivity index (χ1v) is 9.52. The maximum absolute atomic E-state index is 12.3. The van der Waals surface area contributed by atoms with Crippen LogP contribution < -0.4 is 10.4 Å². The Kier molecular flexibility index (Phi) is 4.56. The van der Waals surface area contributed by atoms with Gasteiger partial charge in [0.1, 0.15) is 5.75 Å². The lowest BCUT2D eigenvalue weighted by Gasteiger charge is -2.26. The predicted octanol–water partition coefficient (Wildman–Crippen LogP) is 3.53. The van der Waals surface area contributed by atoms with Gasteiger partial charge in [0, 0.05) is 26.7 Å². The van der Waals surface area contributed by atoms with Crippen LogP contribution in [0.4, 0.5) is 0 Å². The van der Waals surface area contributed by atoms with Gasteiger partial charge in [0.15, 0.2) is 0 Å². The number of methoxy groups -OCH3 is 1. The molecule has 142 valence electrons. The minimum atomic E-state index is 0.0250. The molecule has 0 amide bonds. The number of nitrogens with zero attached hydrogens (tertiary/aromatic N) is 3. The molecule has 1 aromatic heterocycles. The van der Waals surface area contributed by atoms with Crippen molar-refractivity contribution in [2.45, 2.75) is 32.4 Å². The van der Waals surface area contributed by atoms with Crippen LogP contribution in [0.3, 0.4) is 0 Å². The van der Waals surface area contributed by atoms with Crippen molar-refractivity contribution in [1.82, 2.24) is 14.0 Å². The number of hydrogen-bond donors (Lipinski definition) is 0. The first-order valence-electron chi connectivity index (χ1n) is 9.52. The summed E-state index contributed by atoms with van der Waals surface area (Å²) in [6.45, 7) is 4.13. The van der Waals surface area contributed by atoms with Gasteiger partial charge >= 0.3 is 5.69 Å². The van der Waals surface area contributed by atoms with Crippen LogP contribution in [0, 0.1) is 6.92 Å². The first-order chi connectivity index (χ1) is 13.0. The fourth-order valence-electron chi connectivity index (χ4n) is 4.32. The Hall–Kier alpha value is -2.53. The molecule has 0 aliphatic carbocycles. The topological polar surface area (TPSA) is 39.4 Å². The highest BCUT2D eigenvalue weighted by Gasteiger charge is 2.27. The zero-order valence-corrected chi connectivity index (χ0v) is 16.5. The van der Waals surface area contributed by atoms with E-state index >= 15 is 0 Å². The fraction of sp³-hybridized carbons (Fsp3) is 0.409. The SMILES string of the molecule is COc1cccc(C2CCCN2Cc2cc3c(cc2C)n(C)c(=O)n3C)c1. The molecule has 1 saturated heterocycles. The molecule has 0 saturated carbocycles. The number of ether oxygens (including phenoxy) is 1. The molecule has 1 aliphatic rings. The quantitative estimate of drug-likeness (QED) is 0.710. The Morgan fingerprint density at radius 2 is 1.85 bits per heavy atom. The van der Waals surface area contributed by atoms with E-state index in [-0.39, 0.29) is 5.69 Å². The van der Waals surface area contributed by atoms with Crippen LogP contribution >= 0.6 is 0 Å². The molecular weight excluding hydrogens is 338 g/mol. The molecule has 0 N–H and O–H groups in total. The van der Waals surface area contributed by atoms with Crippen molar-refractivity contribution in [1.29, 1.82) is 0 Å². The second-order valence-corrected chi connectivity index (χ2v) is 7.57. The van der Waals surface area contributed by atoms with E-state index in [1.54, 1.807) is 16.2 Å². The summed E-state index contributed by atoms with van der Waals surface area (Å²) in [6, 6.07) is 13.2. The molecule has 2 aromatic carbocycles. The number of imidazole rings is 1. The third-order valence-corrected chi connectivity index (χ3v) is 5.95. The Bertz CT molecular complexity index is 1050. The van der Waals surface area contributed by atoms with Gasteiger partial charge in [0.05, 0.1) is 18.1 Å². The maximum atomic E-state index is 12.3. The van der Waals surface area contributed by atoms with Gasteiger partial charge in [0.2, 0.25) is 0 Å². The highest BCUT2D eigenvalue weighted by molar-refractivity contribution is 5.78. The van der Waals surface area contributed by atoms with Crippen LogP contribution in [-0.4, -0.2) is 27.7 Å². The second kappa shape index (κ2) is 6.89. The molecule has 0 radical (unpaired) electrons. The third kappa shape index (κ3) is 3.06. The highest BCUT2D eigenvalue weighted by atomic mass is 16.5. The molecule has 5 heteroatoms. The molecule has 1 atom stereocenters. The number of aromatic nitrogens is 2. The molecular formula is C22H27N3O2. The van der Waals surface area contributed by atoms with E-state index in [4.69, 9.17) is 4.74 Å². The molecule has 27 heavy (non-hydrogen) atoms. The second-order valence-electron chi connectivity index (χ2n) is 7.57. The monoisotopic (exact) mass is 365 g/mol. The lowest BCUT2D eigenvalue weighted by Crippen LogP contribution is -2.23. The number of fused-ring (bicyclic) bond motifs is 1. The summed E-state index contributed by atoms with van der Waals surface area (Å²) in [4.78, 5) is 14.8. The van der Waals surface area contributed by atoms with Crippen molar-refractivity contribution in [2.24, 2.45) is 14.1 Å². The molecule has 5 nitrogen and oxygen atoms in total. The highest BCUT2D eigenvalue weighted by Crippen LogP contribution is 2.35. The predicted molar refractivity (Wildman–Crippen MR) is 108 cm³/mol. The number of likely N-dealkylation sites (tertiary alicyclic amines) is 1. The number of aryl methyl sites for hydroxylation is 3. The lowest BCUT2D eigenvalue weighted by atomic mass is 10.0. The molecule has 4 rings (SSSR count). The normalized spacial score (nSPS) is 17.7. The molecule has 0 spiro atoms. The summed E-state index contributed by atoms with van der Waals surface area (Å²) in [6.07, 6.45) is 2.37. The summed E-state index contributed by atoms with van der Waals surface area (Å²) in [5.74, 6) is 0.913. The molecule has 1 fully saturated rings. The zero-order chi connectivity index (χ0) is 19.1. The van der Waals surface area contributed by atoms with Gasteiger partial charge in [-0.2, -0.15) is 0 Å². The Balaban J connectivity index is 1.67. The van der Waals surface area contributed by atoms with Gasteiger partial charge in [-0.15, -0.1) is 0 Å². The molecule has 1 aliphatic heterocycles. The van der Waals surface area contributed by atoms with E-state index in [1.807, 2.05) is 20.2 Å². The van der Waals surface area contributed by atoms with Crippen molar-refractivity contribution in [3.8, 4) is 5.75 Å². The van der Waals surface area contributed by atoms with E-state index in [2.05, 4.69) is 42.2 Å². The van der Waals surface area contributed by atoms with Crippen LogP contribution in [0.25, 0.3) is 11.0 Å². The smallest absolute Gasteiger partial charge is 0.328 e. The van der Waals surface area contributed by atoms with Crippen molar-refractivity contribution in [3.63, 3.8) is 0 Å². The average Bonchev–Trinajstić information content (AvgIpc) is 3.22. The largest absolute Gasteiger partial charge is 0.497 e. The van der Waals surface area contributed by atoms with Crippen LogP contribution in [0.1, 0.15) is 35.6 Å². The Morgan fingerprint density at radius 1 is 1.11 bits per heavy atom. The molecule has 1 unspecified atom stereocenters. The van der Waals surface area contributed by atoms with E-state index in [0.29, 0.717) is 6.04 Å². The Labute approximate surface area is 159 Å². The van der Waals surface area contributed by atoms with E-state index < -0.39 is 0 Å². The van der Waals surface area contributed by atoms with E-state index in [1.165, 1.54) is 23.1 Å². The summed E-state index contributed by atoms with van der Waals surface area (Å²) >= 11 is 0. The Morgan fingerprint density at radius 3 is 2.59 bits per heavy atom. The van der Waals surface area contributed by atoms with Crippen LogP contribution in [0.2, 0.25) is 0 Å². The van der Waals surface area contributed by atoms with Crippen molar-refractivity contribution in [2.75, 3.05) is 13.7 Å². The molecule has 0 bridgehead atoms. The standard InChI is InChI=1S/C22H27N3O2/c1-15-11-20-21(24(3)22(26)23(20)2)13-17(15)14-25-10-6-9-19(25)16-7-5-8-18(12-16)27-4/h5,7-8,11-13,19H,6,9-10,14H2,1-4H3. The third-order valence-electron chi connectivity index (χ3n) is 5.95. The van der Waals surface area contributed by atoms with Gasteiger partial charge in [0.25, 0.3) is 0 Å². The lowest BCUT2D eigenvalue weighted by molar-refractivity contribution is 0.247. The summed E-state index contributed by atoms with van der Waals surface area (Å²) in [5, 5.41) is 0.